The summed E-state index contributed by atoms with van der Waals surface area (Å²) < 4.78 is 5.26. The van der Waals surface area contributed by atoms with Crippen molar-refractivity contribution in [2.45, 2.75) is 25.3 Å². The first-order valence-corrected chi connectivity index (χ1v) is 9.61. The number of guanidine groups is 1. The molecule has 1 aliphatic heterocycles. The summed E-state index contributed by atoms with van der Waals surface area (Å²) in [5, 5.41) is 6.90. The minimum Gasteiger partial charge on any atom is -0.497 e. The topological polar surface area (TPSA) is 52.1 Å². The van der Waals surface area contributed by atoms with Crippen LogP contribution in [0.3, 0.4) is 0 Å². The first kappa shape index (κ1) is 24.0. The third kappa shape index (κ3) is 8.23. The Morgan fingerprint density at radius 1 is 1.15 bits per heavy atom. The van der Waals surface area contributed by atoms with Gasteiger partial charge in [0.05, 0.1) is 13.2 Å². The second-order valence-corrected chi connectivity index (χ2v) is 7.03. The molecule has 154 valence electrons. The molecule has 0 radical (unpaired) electrons. The van der Waals surface area contributed by atoms with Crippen LogP contribution in [0, 0.1) is 0 Å². The van der Waals surface area contributed by atoms with Crippen molar-refractivity contribution in [2.75, 3.05) is 61.0 Å². The van der Waals surface area contributed by atoms with Gasteiger partial charge in [-0.3, -0.25) is 4.99 Å². The molecule has 1 atom stereocenters. The number of hydrogen-bond donors (Lipinski definition) is 2. The molecule has 0 bridgehead atoms. The van der Waals surface area contributed by atoms with Crippen LogP contribution >= 0.6 is 24.0 Å². The molecule has 1 unspecified atom stereocenters. The molecule has 0 spiro atoms. The lowest BCUT2D eigenvalue weighted by Crippen LogP contribution is -2.44. The van der Waals surface area contributed by atoms with Gasteiger partial charge >= 0.3 is 0 Å². The lowest BCUT2D eigenvalue weighted by Gasteiger charge is -2.28. The molecule has 1 aliphatic rings. The zero-order valence-electron chi connectivity index (χ0n) is 17.2. The molecule has 1 fully saturated rings. The number of methoxy groups -OCH3 is 1. The lowest BCUT2D eigenvalue weighted by atomic mass is 10.1. The van der Waals surface area contributed by atoms with Crippen LogP contribution in [0.2, 0.25) is 0 Å². The van der Waals surface area contributed by atoms with E-state index in [1.165, 1.54) is 37.9 Å². The number of nitrogens with zero attached hydrogens (tertiary/aromatic N) is 3. The number of piperidine rings is 1. The highest BCUT2D eigenvalue weighted by Gasteiger charge is 2.15. The Balaban J connectivity index is 0.00000364. The fraction of sp³-hybridized carbons (Fsp3) is 0.650. The van der Waals surface area contributed by atoms with Crippen molar-refractivity contribution < 1.29 is 4.74 Å². The van der Waals surface area contributed by atoms with E-state index in [1.807, 2.05) is 19.2 Å². The van der Waals surface area contributed by atoms with Crippen LogP contribution in [0.25, 0.3) is 0 Å². The molecule has 1 heterocycles. The van der Waals surface area contributed by atoms with Gasteiger partial charge in [0.25, 0.3) is 0 Å². The van der Waals surface area contributed by atoms with Crippen molar-refractivity contribution in [3.63, 3.8) is 0 Å². The summed E-state index contributed by atoms with van der Waals surface area (Å²) in [6.07, 6.45) is 4.04. The number of rotatable bonds is 8. The SMILES string of the molecule is CN=C(NCCN1CCCCC1)NCC(c1ccc(OC)cc1)N(C)C.I. The van der Waals surface area contributed by atoms with Crippen molar-refractivity contribution in [1.29, 1.82) is 0 Å². The molecule has 0 aromatic heterocycles. The fourth-order valence-electron chi connectivity index (χ4n) is 3.35. The van der Waals surface area contributed by atoms with Crippen molar-refractivity contribution in [3.8, 4) is 5.75 Å². The monoisotopic (exact) mass is 489 g/mol. The zero-order chi connectivity index (χ0) is 18.8. The van der Waals surface area contributed by atoms with E-state index >= 15 is 0 Å². The smallest absolute Gasteiger partial charge is 0.191 e. The predicted molar refractivity (Wildman–Crippen MR) is 124 cm³/mol. The number of aliphatic imine (C=N–C) groups is 1. The van der Waals surface area contributed by atoms with Crippen LogP contribution in [0.15, 0.2) is 29.3 Å². The molecule has 0 aliphatic carbocycles. The van der Waals surface area contributed by atoms with E-state index in [0.717, 1.165) is 31.3 Å². The minimum absolute atomic E-state index is 0. The van der Waals surface area contributed by atoms with Crippen LogP contribution in [-0.4, -0.2) is 76.7 Å². The Morgan fingerprint density at radius 2 is 1.81 bits per heavy atom. The summed E-state index contributed by atoms with van der Waals surface area (Å²) in [7, 11) is 7.72. The Labute approximate surface area is 181 Å². The summed E-state index contributed by atoms with van der Waals surface area (Å²) in [5.74, 6) is 1.75. The number of benzene rings is 1. The van der Waals surface area contributed by atoms with E-state index < -0.39 is 0 Å². The molecular weight excluding hydrogens is 453 g/mol. The Kier molecular flexibility index (Phi) is 11.7. The molecule has 27 heavy (non-hydrogen) atoms. The van der Waals surface area contributed by atoms with Gasteiger partial charge < -0.3 is 25.2 Å². The minimum atomic E-state index is 0. The molecule has 7 heteroatoms. The van der Waals surface area contributed by atoms with Gasteiger partial charge in [0, 0.05) is 26.7 Å². The number of ether oxygens (including phenoxy) is 1. The molecule has 1 aromatic rings. The zero-order valence-corrected chi connectivity index (χ0v) is 19.5. The maximum atomic E-state index is 5.26. The number of nitrogens with one attached hydrogen (secondary N) is 2. The molecule has 0 amide bonds. The van der Waals surface area contributed by atoms with Gasteiger partial charge in [0.2, 0.25) is 0 Å². The lowest BCUT2D eigenvalue weighted by molar-refractivity contribution is 0.232. The number of likely N-dealkylation sites (tertiary alicyclic amines) is 1. The van der Waals surface area contributed by atoms with E-state index in [1.54, 1.807) is 7.11 Å². The summed E-state index contributed by atoms with van der Waals surface area (Å²) in [5.41, 5.74) is 1.26. The summed E-state index contributed by atoms with van der Waals surface area (Å²) in [6, 6.07) is 8.53. The summed E-state index contributed by atoms with van der Waals surface area (Å²) in [4.78, 5) is 9.11. The van der Waals surface area contributed by atoms with Gasteiger partial charge in [0.15, 0.2) is 5.96 Å². The Bertz CT molecular complexity index is 544. The number of halogens is 1. The van der Waals surface area contributed by atoms with Crippen LogP contribution in [0.1, 0.15) is 30.9 Å². The van der Waals surface area contributed by atoms with Crippen LogP contribution < -0.4 is 15.4 Å². The molecule has 6 nitrogen and oxygen atoms in total. The van der Waals surface area contributed by atoms with Crippen molar-refractivity contribution in [2.24, 2.45) is 4.99 Å². The average Bonchev–Trinajstić information content (AvgIpc) is 2.67. The molecule has 2 N–H and O–H groups in total. The van der Waals surface area contributed by atoms with Gasteiger partial charge in [-0.05, 0) is 57.7 Å². The maximum absolute atomic E-state index is 5.26. The fourth-order valence-corrected chi connectivity index (χ4v) is 3.35. The molecule has 1 aromatic carbocycles. The highest BCUT2D eigenvalue weighted by Crippen LogP contribution is 2.20. The third-order valence-corrected chi connectivity index (χ3v) is 4.98. The normalized spacial score (nSPS) is 16.6. The molecule has 1 saturated heterocycles. The van der Waals surface area contributed by atoms with Gasteiger partial charge in [-0.25, -0.2) is 0 Å². The second kappa shape index (κ2) is 13.2. The standard InChI is InChI=1S/C20H35N5O.HI/c1-21-20(22-12-15-25-13-6-5-7-14-25)23-16-19(24(2)3)17-8-10-18(26-4)11-9-17;/h8-11,19H,5-7,12-16H2,1-4H3,(H2,21,22,23);1H. The van der Waals surface area contributed by atoms with E-state index in [0.29, 0.717) is 0 Å². The van der Waals surface area contributed by atoms with Crippen molar-refractivity contribution in [3.05, 3.63) is 29.8 Å². The highest BCUT2D eigenvalue weighted by atomic mass is 127. The molecular formula is C20H36IN5O. The Hall–Kier alpha value is -1.06. The van der Waals surface area contributed by atoms with Gasteiger partial charge in [-0.15, -0.1) is 24.0 Å². The predicted octanol–water partition coefficient (Wildman–Crippen LogP) is 2.57. The van der Waals surface area contributed by atoms with E-state index in [4.69, 9.17) is 4.74 Å². The van der Waals surface area contributed by atoms with Crippen LogP contribution in [-0.2, 0) is 0 Å². The Morgan fingerprint density at radius 3 is 2.37 bits per heavy atom. The molecule has 2 rings (SSSR count). The van der Waals surface area contributed by atoms with E-state index in [9.17, 15) is 0 Å². The van der Waals surface area contributed by atoms with Crippen LogP contribution in [0.4, 0.5) is 0 Å². The first-order chi connectivity index (χ1) is 12.6. The van der Waals surface area contributed by atoms with E-state index in [-0.39, 0.29) is 30.0 Å². The van der Waals surface area contributed by atoms with Crippen LogP contribution in [0.5, 0.6) is 5.75 Å². The highest BCUT2D eigenvalue weighted by molar-refractivity contribution is 14.0. The summed E-state index contributed by atoms with van der Waals surface area (Å²) in [6.45, 7) is 5.26. The molecule has 0 saturated carbocycles. The second-order valence-electron chi connectivity index (χ2n) is 7.03. The quantitative estimate of drug-likeness (QED) is 0.334. The number of hydrogen-bond acceptors (Lipinski definition) is 4. The largest absolute Gasteiger partial charge is 0.497 e. The van der Waals surface area contributed by atoms with Gasteiger partial charge in [0.1, 0.15) is 5.75 Å². The third-order valence-electron chi connectivity index (χ3n) is 4.98. The summed E-state index contributed by atoms with van der Waals surface area (Å²) >= 11 is 0. The number of likely N-dealkylation sites (N-methyl/N-ethyl adjacent to an activating group) is 1. The van der Waals surface area contributed by atoms with Crippen molar-refractivity contribution in [1.82, 2.24) is 20.4 Å². The first-order valence-electron chi connectivity index (χ1n) is 9.61. The average molecular weight is 489 g/mol. The van der Waals surface area contributed by atoms with Gasteiger partial charge in [-0.1, -0.05) is 18.6 Å². The van der Waals surface area contributed by atoms with E-state index in [2.05, 4.69) is 51.7 Å². The van der Waals surface area contributed by atoms with Gasteiger partial charge in [-0.2, -0.15) is 0 Å². The maximum Gasteiger partial charge on any atom is 0.191 e. The van der Waals surface area contributed by atoms with Crippen molar-refractivity contribution >= 4 is 29.9 Å².